The minimum absolute atomic E-state index is 0. The molecule has 3 aromatic rings. The molecule has 1 aliphatic rings. The molecule has 0 atom stereocenters. The summed E-state index contributed by atoms with van der Waals surface area (Å²) in [5, 5.41) is 0.572. The summed E-state index contributed by atoms with van der Waals surface area (Å²) in [4.78, 5) is 47.8. The summed E-state index contributed by atoms with van der Waals surface area (Å²) < 4.78 is 0.994. The van der Waals surface area contributed by atoms with Gasteiger partial charge in [0.05, 0.1) is 21.3 Å². The van der Waals surface area contributed by atoms with Gasteiger partial charge in [-0.25, -0.2) is 4.98 Å². The number of para-hydroxylation sites is 1. The van der Waals surface area contributed by atoms with Crippen LogP contribution in [0.1, 0.15) is 26.3 Å². The maximum absolute atomic E-state index is 13.2. The Labute approximate surface area is 190 Å². The third-order valence-electron chi connectivity index (χ3n) is 5.08. The van der Waals surface area contributed by atoms with Gasteiger partial charge in [0.25, 0.3) is 11.8 Å². The molecule has 0 saturated heterocycles. The Morgan fingerprint density at radius 2 is 1.65 bits per heavy atom. The van der Waals surface area contributed by atoms with Crippen LogP contribution in [0.3, 0.4) is 0 Å². The minimum Gasteiger partial charge on any atom is -0.308 e. The summed E-state index contributed by atoms with van der Waals surface area (Å²) in [5.41, 5.74) is 2.58. The van der Waals surface area contributed by atoms with Gasteiger partial charge in [0.2, 0.25) is 5.91 Å². The third-order valence-corrected chi connectivity index (χ3v) is 6.13. The van der Waals surface area contributed by atoms with Crippen molar-refractivity contribution in [1.82, 2.24) is 14.8 Å². The number of anilines is 1. The van der Waals surface area contributed by atoms with E-state index in [2.05, 4.69) is 4.98 Å². The van der Waals surface area contributed by atoms with Gasteiger partial charge in [0, 0.05) is 13.1 Å². The molecule has 0 N–H and O–H groups in total. The fourth-order valence-corrected chi connectivity index (χ4v) is 4.51. The van der Waals surface area contributed by atoms with Crippen molar-refractivity contribution in [3.8, 4) is 0 Å². The van der Waals surface area contributed by atoms with E-state index in [-0.39, 0.29) is 24.9 Å². The minimum atomic E-state index is -0.434. The van der Waals surface area contributed by atoms with Gasteiger partial charge in [-0.1, -0.05) is 35.6 Å². The lowest BCUT2D eigenvalue weighted by Gasteiger charge is -2.24. The van der Waals surface area contributed by atoms with E-state index in [1.165, 1.54) is 11.3 Å². The summed E-state index contributed by atoms with van der Waals surface area (Å²) in [6, 6.07) is 12.6. The molecular formula is C22H23ClN4O3S. The maximum atomic E-state index is 13.2. The first kappa shape index (κ1) is 22.9. The SMILES string of the molecule is Cc1cccc2sc(N(CCN(C)C)C(=O)CN3C(=O)c4ccccc4C3=O)nc12.Cl. The highest BCUT2D eigenvalue weighted by Crippen LogP contribution is 2.31. The lowest BCUT2D eigenvalue weighted by atomic mass is 10.1. The van der Waals surface area contributed by atoms with E-state index >= 15 is 0 Å². The number of hydrogen-bond acceptors (Lipinski definition) is 6. The smallest absolute Gasteiger partial charge is 0.262 e. The number of benzene rings is 2. The number of hydrogen-bond donors (Lipinski definition) is 0. The summed E-state index contributed by atoms with van der Waals surface area (Å²) in [7, 11) is 3.85. The first-order valence-corrected chi connectivity index (χ1v) is 10.4. The summed E-state index contributed by atoms with van der Waals surface area (Å²) in [6.07, 6.45) is 0. The highest BCUT2D eigenvalue weighted by molar-refractivity contribution is 7.22. The Kier molecular flexibility index (Phi) is 6.74. The van der Waals surface area contributed by atoms with Crippen molar-refractivity contribution in [2.75, 3.05) is 38.6 Å². The summed E-state index contributed by atoms with van der Waals surface area (Å²) >= 11 is 1.43. The van der Waals surface area contributed by atoms with E-state index in [0.29, 0.717) is 29.3 Å². The van der Waals surface area contributed by atoms with Gasteiger partial charge in [0.1, 0.15) is 6.54 Å². The average molecular weight is 459 g/mol. The molecule has 31 heavy (non-hydrogen) atoms. The van der Waals surface area contributed by atoms with Crippen molar-refractivity contribution in [3.05, 3.63) is 59.2 Å². The Morgan fingerprint density at radius 3 is 2.23 bits per heavy atom. The number of aromatic nitrogens is 1. The number of fused-ring (bicyclic) bond motifs is 2. The molecule has 2 heterocycles. The van der Waals surface area contributed by atoms with Crippen LogP contribution in [0.4, 0.5) is 5.13 Å². The number of thiazole rings is 1. The quantitative estimate of drug-likeness (QED) is 0.530. The van der Waals surface area contributed by atoms with Gasteiger partial charge in [0.15, 0.2) is 5.13 Å². The van der Waals surface area contributed by atoms with Crippen LogP contribution in [0.25, 0.3) is 10.2 Å². The molecule has 0 unspecified atom stereocenters. The predicted molar refractivity (Wildman–Crippen MR) is 124 cm³/mol. The zero-order valence-electron chi connectivity index (χ0n) is 17.5. The predicted octanol–water partition coefficient (Wildman–Crippen LogP) is 3.22. The number of nitrogens with zero attached hydrogens (tertiary/aromatic N) is 4. The maximum Gasteiger partial charge on any atom is 0.262 e. The lowest BCUT2D eigenvalue weighted by molar-refractivity contribution is -0.119. The third kappa shape index (κ3) is 4.32. The zero-order chi connectivity index (χ0) is 21.4. The van der Waals surface area contributed by atoms with Crippen molar-refractivity contribution < 1.29 is 14.4 Å². The molecule has 1 aliphatic heterocycles. The topological polar surface area (TPSA) is 73.8 Å². The Morgan fingerprint density at radius 1 is 1.00 bits per heavy atom. The molecule has 0 fully saturated rings. The van der Waals surface area contributed by atoms with E-state index in [0.717, 1.165) is 20.7 Å². The lowest BCUT2D eigenvalue weighted by Crippen LogP contribution is -2.45. The van der Waals surface area contributed by atoms with Crippen molar-refractivity contribution >= 4 is 56.8 Å². The van der Waals surface area contributed by atoms with Crippen molar-refractivity contribution in [1.29, 1.82) is 0 Å². The molecule has 0 bridgehead atoms. The fraction of sp³-hybridized carbons (Fsp3) is 0.273. The summed E-state index contributed by atoms with van der Waals surface area (Å²) in [6.45, 7) is 2.71. The molecule has 2 aromatic carbocycles. The van der Waals surface area contributed by atoms with Crippen LogP contribution in [0.15, 0.2) is 42.5 Å². The Hall–Kier alpha value is -2.81. The molecule has 7 nitrogen and oxygen atoms in total. The number of carbonyl (C=O) groups is 3. The number of aryl methyl sites for hydroxylation is 1. The van der Waals surface area contributed by atoms with Crippen LogP contribution < -0.4 is 4.90 Å². The van der Waals surface area contributed by atoms with E-state index in [1.807, 2.05) is 44.1 Å². The van der Waals surface area contributed by atoms with Crippen molar-refractivity contribution in [2.24, 2.45) is 0 Å². The molecule has 1 aromatic heterocycles. The number of rotatable bonds is 6. The van der Waals surface area contributed by atoms with Gasteiger partial charge in [-0.3, -0.25) is 24.2 Å². The van der Waals surface area contributed by atoms with E-state index in [1.54, 1.807) is 29.2 Å². The van der Waals surface area contributed by atoms with Gasteiger partial charge in [-0.2, -0.15) is 0 Å². The second-order valence-electron chi connectivity index (χ2n) is 7.51. The molecule has 0 saturated carbocycles. The van der Waals surface area contributed by atoms with Crippen LogP contribution in [-0.2, 0) is 4.79 Å². The first-order valence-electron chi connectivity index (χ1n) is 9.63. The van der Waals surface area contributed by atoms with Crippen LogP contribution in [0.2, 0.25) is 0 Å². The molecule has 0 aliphatic carbocycles. The number of halogens is 1. The zero-order valence-corrected chi connectivity index (χ0v) is 19.1. The molecule has 4 rings (SSSR count). The van der Waals surface area contributed by atoms with Gasteiger partial charge < -0.3 is 4.90 Å². The number of carbonyl (C=O) groups excluding carboxylic acids is 3. The second-order valence-corrected chi connectivity index (χ2v) is 8.52. The highest BCUT2D eigenvalue weighted by atomic mass is 35.5. The number of amides is 3. The van der Waals surface area contributed by atoms with Gasteiger partial charge in [-0.05, 0) is 44.8 Å². The number of imide groups is 1. The molecule has 3 amide bonds. The normalized spacial score (nSPS) is 13.0. The monoisotopic (exact) mass is 458 g/mol. The van der Waals surface area contributed by atoms with Gasteiger partial charge in [-0.15, -0.1) is 12.4 Å². The van der Waals surface area contributed by atoms with Crippen LogP contribution in [-0.4, -0.2) is 66.2 Å². The van der Waals surface area contributed by atoms with Crippen molar-refractivity contribution in [2.45, 2.75) is 6.92 Å². The second kappa shape index (κ2) is 9.13. The molecule has 0 spiro atoms. The van der Waals surface area contributed by atoms with E-state index in [9.17, 15) is 14.4 Å². The van der Waals surface area contributed by atoms with E-state index in [4.69, 9.17) is 0 Å². The van der Waals surface area contributed by atoms with Crippen molar-refractivity contribution in [3.63, 3.8) is 0 Å². The van der Waals surface area contributed by atoms with Crippen LogP contribution >= 0.6 is 23.7 Å². The standard InChI is InChI=1S/C22H22N4O3S.ClH/c1-14-7-6-10-17-19(14)23-22(30-17)25(12-11-24(2)3)18(27)13-26-20(28)15-8-4-5-9-16(15)21(26)29;/h4-10H,11-13H2,1-3H3;1H. The molecule has 9 heteroatoms. The van der Waals surface area contributed by atoms with Gasteiger partial charge >= 0.3 is 0 Å². The summed E-state index contributed by atoms with van der Waals surface area (Å²) in [5.74, 6) is -1.20. The molecule has 162 valence electrons. The van der Waals surface area contributed by atoms with Crippen LogP contribution in [0.5, 0.6) is 0 Å². The Bertz CT molecular complexity index is 1130. The largest absolute Gasteiger partial charge is 0.308 e. The Balaban J connectivity index is 0.00000272. The molecular weight excluding hydrogens is 436 g/mol. The highest BCUT2D eigenvalue weighted by Gasteiger charge is 2.37. The fourth-order valence-electron chi connectivity index (χ4n) is 3.42. The van der Waals surface area contributed by atoms with Crippen LogP contribution in [0, 0.1) is 6.92 Å². The number of likely N-dealkylation sites (N-methyl/N-ethyl adjacent to an activating group) is 1. The first-order chi connectivity index (χ1) is 14.4. The molecule has 0 radical (unpaired) electrons. The van der Waals surface area contributed by atoms with E-state index < -0.39 is 11.8 Å². The average Bonchev–Trinajstić information content (AvgIpc) is 3.25.